The number of thioether (sulfide) groups is 1. The highest BCUT2D eigenvalue weighted by Gasteiger charge is 2.17. The third-order valence-electron chi connectivity index (χ3n) is 5.83. The lowest BCUT2D eigenvalue weighted by atomic mass is 10.0. The second-order valence-electron chi connectivity index (χ2n) is 8.61. The maximum Gasteiger partial charge on any atom is 0.316 e. The summed E-state index contributed by atoms with van der Waals surface area (Å²) in [6, 6.07) is 0. The highest BCUT2D eigenvalue weighted by Crippen LogP contribution is 2.29. The summed E-state index contributed by atoms with van der Waals surface area (Å²) < 4.78 is 12.4. The van der Waals surface area contributed by atoms with Gasteiger partial charge in [0.25, 0.3) is 0 Å². The van der Waals surface area contributed by atoms with Crippen LogP contribution in [0, 0.1) is 0 Å². The fourth-order valence-corrected chi connectivity index (χ4v) is 4.65. The molecule has 33 heavy (non-hydrogen) atoms. The topological polar surface area (TPSA) is 79.1 Å². The van der Waals surface area contributed by atoms with Crippen LogP contribution in [-0.4, -0.2) is 45.2 Å². The Bertz CT molecular complexity index is 812. The zero-order valence-corrected chi connectivity index (χ0v) is 21.6. The van der Waals surface area contributed by atoms with Gasteiger partial charge in [0.15, 0.2) is 5.52 Å². The molecule has 8 heteroatoms. The van der Waals surface area contributed by atoms with Gasteiger partial charge in [-0.15, -0.1) is 0 Å². The maximum absolute atomic E-state index is 11.4. The molecule has 2 heterocycles. The number of aromatic nitrogens is 4. The standard InChI is InChI=1S/C25H42N4O3S/c1-4-5-6-7-8-9-10-11-12-13-14-15-16-17-18-32-25-23-22(28-29(25)2)24(27-20-26-23)33-19-21(30)31-3/h20H,4-19H2,1-3H3. The maximum atomic E-state index is 11.4. The van der Waals surface area contributed by atoms with E-state index in [1.165, 1.54) is 109 Å². The fraction of sp³-hybridized carbons (Fsp3) is 0.760. The summed E-state index contributed by atoms with van der Waals surface area (Å²) in [5.74, 6) is 0.549. The molecule has 0 amide bonds. The van der Waals surface area contributed by atoms with Gasteiger partial charge in [0, 0.05) is 7.05 Å². The third-order valence-corrected chi connectivity index (χ3v) is 6.78. The van der Waals surface area contributed by atoms with E-state index >= 15 is 0 Å². The van der Waals surface area contributed by atoms with Gasteiger partial charge < -0.3 is 9.47 Å². The van der Waals surface area contributed by atoms with Crippen LogP contribution in [0.3, 0.4) is 0 Å². The summed E-state index contributed by atoms with van der Waals surface area (Å²) in [6.45, 7) is 2.93. The number of aryl methyl sites for hydroxylation is 1. The van der Waals surface area contributed by atoms with Crippen LogP contribution >= 0.6 is 11.8 Å². The second kappa shape index (κ2) is 16.7. The molecule has 7 nitrogen and oxygen atoms in total. The molecule has 0 aromatic carbocycles. The number of methoxy groups -OCH3 is 1. The van der Waals surface area contributed by atoms with E-state index in [0.717, 1.165) is 6.42 Å². The molecule has 186 valence electrons. The van der Waals surface area contributed by atoms with Gasteiger partial charge in [-0.1, -0.05) is 102 Å². The molecule has 0 radical (unpaired) electrons. The van der Waals surface area contributed by atoms with E-state index in [1.54, 1.807) is 4.68 Å². The van der Waals surface area contributed by atoms with Crippen molar-refractivity contribution in [3.63, 3.8) is 0 Å². The molecule has 0 saturated heterocycles. The number of hydrogen-bond acceptors (Lipinski definition) is 7. The lowest BCUT2D eigenvalue weighted by Gasteiger charge is -2.06. The minimum absolute atomic E-state index is 0.189. The Hall–Kier alpha value is -1.83. The molecule has 2 aromatic heterocycles. The Balaban J connectivity index is 1.57. The van der Waals surface area contributed by atoms with E-state index in [2.05, 4.69) is 22.0 Å². The van der Waals surface area contributed by atoms with Crippen molar-refractivity contribution in [1.82, 2.24) is 19.7 Å². The number of carbonyl (C=O) groups excluding carboxylic acids is 1. The fourth-order valence-electron chi connectivity index (χ4n) is 3.88. The average molecular weight is 479 g/mol. The monoisotopic (exact) mass is 478 g/mol. The van der Waals surface area contributed by atoms with Crippen molar-refractivity contribution in [3.05, 3.63) is 6.33 Å². The first-order chi connectivity index (χ1) is 16.2. The number of unbranched alkanes of at least 4 members (excludes halogenated alkanes) is 13. The van der Waals surface area contributed by atoms with Crippen molar-refractivity contribution < 1.29 is 14.3 Å². The number of rotatable bonds is 19. The van der Waals surface area contributed by atoms with Gasteiger partial charge in [-0.3, -0.25) is 4.79 Å². The molecule has 0 aliphatic carbocycles. The molecule has 0 bridgehead atoms. The van der Waals surface area contributed by atoms with Gasteiger partial charge in [0.05, 0.1) is 19.5 Å². The van der Waals surface area contributed by atoms with Crippen molar-refractivity contribution in [2.75, 3.05) is 19.5 Å². The molecule has 2 rings (SSSR count). The summed E-state index contributed by atoms with van der Waals surface area (Å²) >= 11 is 1.30. The molecule has 2 aromatic rings. The number of carbonyl (C=O) groups is 1. The van der Waals surface area contributed by atoms with Crippen LogP contribution in [0.15, 0.2) is 11.4 Å². The first-order valence-corrected chi connectivity index (χ1v) is 13.7. The van der Waals surface area contributed by atoms with Crippen LogP contribution in [0.1, 0.15) is 96.8 Å². The van der Waals surface area contributed by atoms with Gasteiger partial charge in [-0.2, -0.15) is 5.10 Å². The largest absolute Gasteiger partial charge is 0.476 e. The second-order valence-corrected chi connectivity index (χ2v) is 9.58. The molecule has 0 spiro atoms. The molecular formula is C25H42N4O3S. The zero-order valence-electron chi connectivity index (χ0n) is 20.8. The SMILES string of the molecule is CCCCCCCCCCCCCCCCOc1c2ncnc(SCC(=O)OC)c2nn1C. The Labute approximate surface area is 203 Å². The lowest BCUT2D eigenvalue weighted by molar-refractivity contribution is -0.137. The van der Waals surface area contributed by atoms with E-state index in [1.807, 2.05) is 7.05 Å². The highest BCUT2D eigenvalue weighted by atomic mass is 32.2. The van der Waals surface area contributed by atoms with E-state index in [0.29, 0.717) is 28.5 Å². The predicted octanol–water partition coefficient (Wildman–Crippen LogP) is 6.49. The first-order valence-electron chi connectivity index (χ1n) is 12.7. The number of nitrogens with zero attached hydrogens (tertiary/aromatic N) is 4. The van der Waals surface area contributed by atoms with Gasteiger partial charge in [0.1, 0.15) is 16.9 Å². The number of fused-ring (bicyclic) bond motifs is 1. The number of ether oxygens (including phenoxy) is 2. The van der Waals surface area contributed by atoms with E-state index in [4.69, 9.17) is 9.47 Å². The van der Waals surface area contributed by atoms with Gasteiger partial charge >= 0.3 is 5.97 Å². The van der Waals surface area contributed by atoms with Crippen LogP contribution in [0.5, 0.6) is 5.88 Å². The molecule has 0 aliphatic heterocycles. The number of esters is 1. The van der Waals surface area contributed by atoms with Gasteiger partial charge in [0.2, 0.25) is 5.88 Å². The quantitative estimate of drug-likeness (QED) is 0.0988. The predicted molar refractivity (Wildman–Crippen MR) is 135 cm³/mol. The zero-order chi connectivity index (χ0) is 23.7. The molecular weight excluding hydrogens is 436 g/mol. The smallest absolute Gasteiger partial charge is 0.316 e. The minimum atomic E-state index is -0.294. The average Bonchev–Trinajstić information content (AvgIpc) is 3.15. The van der Waals surface area contributed by atoms with Gasteiger partial charge in [-0.05, 0) is 6.42 Å². The summed E-state index contributed by atoms with van der Waals surface area (Å²) in [7, 11) is 3.22. The van der Waals surface area contributed by atoms with E-state index in [9.17, 15) is 4.79 Å². The summed E-state index contributed by atoms with van der Waals surface area (Å²) in [6.07, 6.45) is 20.2. The highest BCUT2D eigenvalue weighted by molar-refractivity contribution is 8.00. The van der Waals surface area contributed by atoms with Crippen LogP contribution in [0.2, 0.25) is 0 Å². The Morgan fingerprint density at radius 3 is 2.03 bits per heavy atom. The summed E-state index contributed by atoms with van der Waals surface area (Å²) in [4.78, 5) is 20.0. The van der Waals surface area contributed by atoms with Crippen molar-refractivity contribution in [2.24, 2.45) is 7.05 Å². The molecule has 0 unspecified atom stereocenters. The van der Waals surface area contributed by atoms with Crippen molar-refractivity contribution >= 4 is 28.8 Å². The van der Waals surface area contributed by atoms with Crippen molar-refractivity contribution in [1.29, 1.82) is 0 Å². The van der Waals surface area contributed by atoms with Crippen LogP contribution in [0.25, 0.3) is 11.0 Å². The molecule has 0 saturated carbocycles. The first kappa shape index (κ1) is 27.4. The molecule has 0 fully saturated rings. The van der Waals surface area contributed by atoms with Crippen LogP contribution < -0.4 is 4.74 Å². The normalized spacial score (nSPS) is 11.2. The Morgan fingerprint density at radius 2 is 1.45 bits per heavy atom. The number of hydrogen-bond donors (Lipinski definition) is 0. The molecule has 0 atom stereocenters. The third kappa shape index (κ3) is 10.3. The molecule has 0 N–H and O–H groups in total. The van der Waals surface area contributed by atoms with E-state index in [-0.39, 0.29) is 11.7 Å². The Morgan fingerprint density at radius 1 is 0.879 bits per heavy atom. The Kier molecular flexibility index (Phi) is 13.9. The van der Waals surface area contributed by atoms with E-state index < -0.39 is 0 Å². The molecule has 0 aliphatic rings. The van der Waals surface area contributed by atoms with Crippen molar-refractivity contribution in [3.8, 4) is 5.88 Å². The lowest BCUT2D eigenvalue weighted by Crippen LogP contribution is -2.03. The summed E-state index contributed by atoms with van der Waals surface area (Å²) in [5.41, 5.74) is 1.34. The minimum Gasteiger partial charge on any atom is -0.476 e. The van der Waals surface area contributed by atoms with Gasteiger partial charge in [-0.25, -0.2) is 14.6 Å². The van der Waals surface area contributed by atoms with Crippen LogP contribution in [0.4, 0.5) is 0 Å². The van der Waals surface area contributed by atoms with Crippen LogP contribution in [-0.2, 0) is 16.6 Å². The van der Waals surface area contributed by atoms with Crippen molar-refractivity contribution in [2.45, 2.75) is 102 Å². The summed E-state index contributed by atoms with van der Waals surface area (Å²) in [5, 5.41) is 5.16.